The minimum Gasteiger partial charge on any atom is -0.351 e. The normalized spacial score (nSPS) is 19.4. The summed E-state index contributed by atoms with van der Waals surface area (Å²) in [6, 6.07) is 9.68. The van der Waals surface area contributed by atoms with Gasteiger partial charge in [-0.2, -0.15) is 4.31 Å². The highest BCUT2D eigenvalue weighted by Crippen LogP contribution is 2.17. The van der Waals surface area contributed by atoms with E-state index in [4.69, 9.17) is 0 Å². The molecule has 1 N–H and O–H groups in total. The molecular formula is C20H27N5O4S. The van der Waals surface area contributed by atoms with Crippen molar-refractivity contribution in [1.29, 1.82) is 0 Å². The second-order valence-corrected chi connectivity index (χ2v) is 9.86. The first-order chi connectivity index (χ1) is 14.3. The smallest absolute Gasteiger partial charge is 0.270 e. The van der Waals surface area contributed by atoms with Gasteiger partial charge in [-0.25, -0.2) is 8.42 Å². The number of carbonyl (C=O) groups excluding carboxylic acids is 2. The molecule has 1 aromatic heterocycles. The molecule has 0 spiro atoms. The maximum Gasteiger partial charge on any atom is 0.270 e. The number of nitrogens with zero attached hydrogens (tertiary/aromatic N) is 4. The molecule has 3 heterocycles. The van der Waals surface area contributed by atoms with Crippen LogP contribution in [0.1, 0.15) is 10.5 Å². The summed E-state index contributed by atoms with van der Waals surface area (Å²) in [6.45, 7) is 4.26. The topological polar surface area (TPSA) is 97.0 Å². The Labute approximate surface area is 176 Å². The predicted octanol–water partition coefficient (Wildman–Crippen LogP) is 0.0295. The molecule has 2 aliphatic heterocycles. The lowest BCUT2D eigenvalue weighted by Crippen LogP contribution is -2.55. The van der Waals surface area contributed by atoms with Crippen molar-refractivity contribution in [3.63, 3.8) is 0 Å². The largest absolute Gasteiger partial charge is 0.351 e. The van der Waals surface area contributed by atoms with Gasteiger partial charge in [-0.3, -0.25) is 14.5 Å². The number of piperazine rings is 2. The highest BCUT2D eigenvalue weighted by atomic mass is 32.2. The van der Waals surface area contributed by atoms with E-state index in [0.29, 0.717) is 64.6 Å². The molecule has 30 heavy (non-hydrogen) atoms. The SMILES string of the molecule is CS(=O)(=O)N1CCN(C(=O)CN2CCN(C(=O)c3cc4ccccc4[nH]3)CC2)CC1. The average Bonchev–Trinajstić information content (AvgIpc) is 3.17. The Morgan fingerprint density at radius 2 is 1.57 bits per heavy atom. The number of benzene rings is 1. The molecule has 2 aromatic rings. The lowest BCUT2D eigenvalue weighted by Gasteiger charge is -2.37. The zero-order chi connectivity index (χ0) is 21.3. The van der Waals surface area contributed by atoms with Crippen molar-refractivity contribution in [3.05, 3.63) is 36.0 Å². The number of hydrogen-bond donors (Lipinski definition) is 1. The van der Waals surface area contributed by atoms with Crippen molar-refractivity contribution in [1.82, 2.24) is 24.0 Å². The fourth-order valence-corrected chi connectivity index (χ4v) is 4.86. The van der Waals surface area contributed by atoms with Gasteiger partial charge in [0, 0.05) is 63.3 Å². The van der Waals surface area contributed by atoms with E-state index in [-0.39, 0.29) is 11.8 Å². The van der Waals surface area contributed by atoms with Gasteiger partial charge in [0.05, 0.1) is 12.8 Å². The Morgan fingerprint density at radius 1 is 0.933 bits per heavy atom. The Balaban J connectivity index is 1.26. The fourth-order valence-electron chi connectivity index (χ4n) is 4.03. The summed E-state index contributed by atoms with van der Waals surface area (Å²) >= 11 is 0. The maximum absolute atomic E-state index is 12.8. The van der Waals surface area contributed by atoms with Crippen molar-refractivity contribution >= 4 is 32.7 Å². The van der Waals surface area contributed by atoms with E-state index >= 15 is 0 Å². The van der Waals surface area contributed by atoms with Crippen molar-refractivity contribution < 1.29 is 18.0 Å². The number of rotatable bonds is 4. The van der Waals surface area contributed by atoms with Crippen LogP contribution in [0.3, 0.4) is 0 Å². The number of hydrogen-bond acceptors (Lipinski definition) is 5. The number of sulfonamides is 1. The standard InChI is InChI=1S/C20H27N5O4S/c1-30(28,29)25-12-10-23(11-13-25)19(26)15-22-6-8-24(9-7-22)20(27)18-14-16-4-2-3-5-17(16)21-18/h2-5,14,21H,6-13,15H2,1H3. The first-order valence-corrected chi connectivity index (χ1v) is 12.0. The quantitative estimate of drug-likeness (QED) is 0.734. The summed E-state index contributed by atoms with van der Waals surface area (Å²) in [5.74, 6) is -0.00683. The van der Waals surface area contributed by atoms with E-state index < -0.39 is 10.0 Å². The van der Waals surface area contributed by atoms with Gasteiger partial charge in [0.25, 0.3) is 5.91 Å². The first-order valence-electron chi connectivity index (χ1n) is 10.1. The Morgan fingerprint density at radius 3 is 2.20 bits per heavy atom. The molecule has 0 unspecified atom stereocenters. The Bertz CT molecular complexity index is 1000. The third kappa shape index (κ3) is 4.50. The average molecular weight is 434 g/mol. The van der Waals surface area contributed by atoms with E-state index in [2.05, 4.69) is 9.88 Å². The van der Waals surface area contributed by atoms with Gasteiger partial charge in [0.2, 0.25) is 15.9 Å². The van der Waals surface area contributed by atoms with Crippen LogP contribution in [0.15, 0.2) is 30.3 Å². The molecule has 0 saturated carbocycles. The second kappa shape index (κ2) is 8.37. The second-order valence-electron chi connectivity index (χ2n) is 7.88. The van der Waals surface area contributed by atoms with Crippen molar-refractivity contribution in [2.45, 2.75) is 0 Å². The molecule has 0 aliphatic carbocycles. The minimum atomic E-state index is -3.20. The van der Waals surface area contributed by atoms with E-state index in [1.807, 2.05) is 35.2 Å². The molecule has 2 aliphatic rings. The van der Waals surface area contributed by atoms with Crippen molar-refractivity contribution in [2.24, 2.45) is 0 Å². The van der Waals surface area contributed by atoms with E-state index in [0.717, 1.165) is 10.9 Å². The highest BCUT2D eigenvalue weighted by molar-refractivity contribution is 7.88. The maximum atomic E-state index is 12.8. The lowest BCUT2D eigenvalue weighted by molar-refractivity contribution is -0.133. The van der Waals surface area contributed by atoms with Crippen LogP contribution in [0.5, 0.6) is 0 Å². The van der Waals surface area contributed by atoms with Gasteiger partial charge < -0.3 is 14.8 Å². The zero-order valence-corrected chi connectivity index (χ0v) is 17.9. The van der Waals surface area contributed by atoms with Gasteiger partial charge in [-0.05, 0) is 12.1 Å². The number of aromatic nitrogens is 1. The van der Waals surface area contributed by atoms with Crippen LogP contribution in [0.2, 0.25) is 0 Å². The third-order valence-corrected chi connectivity index (χ3v) is 7.14. The molecule has 0 bridgehead atoms. The van der Waals surface area contributed by atoms with Gasteiger partial charge in [-0.1, -0.05) is 18.2 Å². The van der Waals surface area contributed by atoms with E-state index in [9.17, 15) is 18.0 Å². The molecule has 2 amide bonds. The summed E-state index contributed by atoms with van der Waals surface area (Å²) < 4.78 is 24.6. The number of nitrogens with one attached hydrogen (secondary N) is 1. The van der Waals surface area contributed by atoms with Crippen LogP contribution in [-0.4, -0.2) is 109 Å². The minimum absolute atomic E-state index is 0.0125. The lowest BCUT2D eigenvalue weighted by atomic mass is 10.2. The summed E-state index contributed by atoms with van der Waals surface area (Å²) in [4.78, 5) is 34.2. The number of amides is 2. The van der Waals surface area contributed by atoms with Crippen molar-refractivity contribution in [3.8, 4) is 0 Å². The summed E-state index contributed by atoms with van der Waals surface area (Å²) in [6.07, 6.45) is 1.20. The molecule has 1 aromatic carbocycles. The van der Waals surface area contributed by atoms with Crippen LogP contribution < -0.4 is 0 Å². The number of aromatic amines is 1. The number of carbonyl (C=O) groups is 2. The molecule has 0 atom stereocenters. The predicted molar refractivity (Wildman–Crippen MR) is 114 cm³/mol. The number of fused-ring (bicyclic) bond motifs is 1. The zero-order valence-electron chi connectivity index (χ0n) is 17.1. The van der Waals surface area contributed by atoms with Crippen LogP contribution in [0.25, 0.3) is 10.9 Å². The third-order valence-electron chi connectivity index (χ3n) is 5.84. The molecule has 2 saturated heterocycles. The molecule has 162 valence electrons. The van der Waals surface area contributed by atoms with Crippen LogP contribution in [-0.2, 0) is 14.8 Å². The van der Waals surface area contributed by atoms with Gasteiger partial charge in [-0.15, -0.1) is 0 Å². The molecule has 4 rings (SSSR count). The van der Waals surface area contributed by atoms with Gasteiger partial charge in [0.15, 0.2) is 0 Å². The highest BCUT2D eigenvalue weighted by Gasteiger charge is 2.29. The number of para-hydroxylation sites is 1. The summed E-state index contributed by atoms with van der Waals surface area (Å²) in [7, 11) is -3.20. The molecule has 10 heteroatoms. The fraction of sp³-hybridized carbons (Fsp3) is 0.500. The molecule has 0 radical (unpaired) electrons. The Kier molecular flexibility index (Phi) is 5.81. The van der Waals surface area contributed by atoms with Crippen molar-refractivity contribution in [2.75, 3.05) is 65.2 Å². The monoisotopic (exact) mass is 433 g/mol. The summed E-state index contributed by atoms with van der Waals surface area (Å²) in [5, 5.41) is 1.01. The van der Waals surface area contributed by atoms with Crippen LogP contribution >= 0.6 is 0 Å². The first kappa shape index (κ1) is 20.8. The molecule has 2 fully saturated rings. The van der Waals surface area contributed by atoms with Gasteiger partial charge in [0.1, 0.15) is 5.69 Å². The number of H-pyrrole nitrogens is 1. The summed E-state index contributed by atoms with van der Waals surface area (Å²) in [5.41, 5.74) is 1.53. The Hall–Kier alpha value is -2.43. The van der Waals surface area contributed by atoms with Crippen LogP contribution in [0.4, 0.5) is 0 Å². The molecular weight excluding hydrogens is 406 g/mol. The van der Waals surface area contributed by atoms with Crippen LogP contribution in [0, 0.1) is 0 Å². The van der Waals surface area contributed by atoms with E-state index in [1.54, 1.807) is 4.90 Å². The van der Waals surface area contributed by atoms with Gasteiger partial charge >= 0.3 is 0 Å². The van der Waals surface area contributed by atoms with E-state index in [1.165, 1.54) is 10.6 Å². The molecule has 9 nitrogen and oxygen atoms in total.